The van der Waals surface area contributed by atoms with Crippen LogP contribution in [0.1, 0.15) is 22.3 Å². The van der Waals surface area contributed by atoms with E-state index in [-0.39, 0.29) is 0 Å². The second-order valence-corrected chi connectivity index (χ2v) is 18.7. The first kappa shape index (κ1) is 40.8. The molecule has 1 aromatic heterocycles. The first-order chi connectivity index (χ1) is 35.2. The summed E-state index contributed by atoms with van der Waals surface area (Å²) in [5.74, 6) is 0. The number of fused-ring (bicyclic) bond motifs is 8. The van der Waals surface area contributed by atoms with E-state index in [9.17, 15) is 0 Å². The van der Waals surface area contributed by atoms with Crippen LogP contribution in [-0.2, 0) is 5.41 Å². The summed E-state index contributed by atoms with van der Waals surface area (Å²) in [5, 5.41) is 7.06. The van der Waals surface area contributed by atoms with Crippen LogP contribution in [0.25, 0.3) is 88.0 Å². The summed E-state index contributed by atoms with van der Waals surface area (Å²) in [6.07, 6.45) is 0. The first-order valence-electron chi connectivity index (χ1n) is 24.5. The molecule has 0 bridgehead atoms. The van der Waals surface area contributed by atoms with Crippen molar-refractivity contribution in [3.05, 3.63) is 295 Å². The largest absolute Gasteiger partial charge is 0.456 e. The van der Waals surface area contributed by atoms with E-state index in [0.717, 1.165) is 61.1 Å². The van der Waals surface area contributed by atoms with Crippen molar-refractivity contribution in [2.24, 2.45) is 0 Å². The fraction of sp³-hybridized carbons (Fsp3) is 0.0145. The van der Waals surface area contributed by atoms with Gasteiger partial charge < -0.3 is 9.32 Å². The van der Waals surface area contributed by atoms with E-state index in [2.05, 4.69) is 278 Å². The Morgan fingerprint density at radius 2 is 0.873 bits per heavy atom. The molecule has 14 rings (SSSR count). The standard InChI is InChI=1S/C69H45NO/c1-3-25-52(26-4-1)69(53-27-5-2-6-28-53)61-34-13-11-31-59(61)68-62(69)35-18-37-64(68)70(54-41-39-46(40-42-54)48-23-15-24-51(43-48)56-32-16-22-47-19-9-10-29-55(47)56)63-36-14-12-30-57(63)58-33-17-38-65-67(58)60-44-49-20-7-8-21-50(49)45-66(60)71-65/h1-45H. The Kier molecular flexibility index (Phi) is 9.47. The quantitative estimate of drug-likeness (QED) is 0.151. The van der Waals surface area contributed by atoms with Crippen LogP contribution in [0.2, 0.25) is 0 Å². The number of anilines is 3. The highest BCUT2D eigenvalue weighted by atomic mass is 16.3. The zero-order valence-corrected chi connectivity index (χ0v) is 38.8. The van der Waals surface area contributed by atoms with Crippen LogP contribution < -0.4 is 4.90 Å². The van der Waals surface area contributed by atoms with Gasteiger partial charge in [-0.1, -0.05) is 224 Å². The summed E-state index contributed by atoms with van der Waals surface area (Å²) < 4.78 is 6.70. The number of nitrogens with zero attached hydrogens (tertiary/aromatic N) is 1. The molecule has 13 aromatic rings. The molecule has 0 amide bonds. The molecule has 0 spiro atoms. The maximum atomic E-state index is 6.70. The minimum Gasteiger partial charge on any atom is -0.456 e. The maximum absolute atomic E-state index is 6.70. The summed E-state index contributed by atoms with van der Waals surface area (Å²) in [6.45, 7) is 0. The van der Waals surface area contributed by atoms with Gasteiger partial charge in [-0.25, -0.2) is 0 Å². The number of benzene rings is 12. The maximum Gasteiger partial charge on any atom is 0.136 e. The van der Waals surface area contributed by atoms with Crippen LogP contribution >= 0.6 is 0 Å². The van der Waals surface area contributed by atoms with Crippen LogP contribution in [0.5, 0.6) is 0 Å². The Bertz CT molecular complexity index is 4120. The van der Waals surface area contributed by atoms with Crippen LogP contribution in [0, 0.1) is 0 Å². The van der Waals surface area contributed by atoms with Crippen molar-refractivity contribution in [3.63, 3.8) is 0 Å². The highest BCUT2D eigenvalue weighted by Gasteiger charge is 2.47. The van der Waals surface area contributed by atoms with Crippen LogP contribution in [0.3, 0.4) is 0 Å². The van der Waals surface area contributed by atoms with E-state index in [1.807, 2.05) is 0 Å². The molecule has 0 atom stereocenters. The summed E-state index contributed by atoms with van der Waals surface area (Å²) in [5.41, 5.74) is 18.9. The molecular formula is C69H45NO. The molecule has 0 unspecified atom stereocenters. The number of rotatable bonds is 8. The second kappa shape index (κ2) is 16.5. The normalized spacial score (nSPS) is 12.6. The summed E-state index contributed by atoms with van der Waals surface area (Å²) in [4.78, 5) is 2.50. The molecule has 2 nitrogen and oxygen atoms in total. The van der Waals surface area contributed by atoms with Gasteiger partial charge in [0, 0.05) is 27.6 Å². The fourth-order valence-corrected chi connectivity index (χ4v) is 11.8. The molecule has 0 saturated carbocycles. The average molecular weight is 904 g/mol. The van der Waals surface area contributed by atoms with Gasteiger partial charge in [0.15, 0.2) is 0 Å². The Hall–Kier alpha value is -9.24. The van der Waals surface area contributed by atoms with Crippen molar-refractivity contribution in [2.45, 2.75) is 5.41 Å². The second-order valence-electron chi connectivity index (χ2n) is 18.7. The Balaban J connectivity index is 1.01. The molecular weight excluding hydrogens is 859 g/mol. The Morgan fingerprint density at radius 1 is 0.310 bits per heavy atom. The third-order valence-electron chi connectivity index (χ3n) is 14.9. The molecule has 0 radical (unpaired) electrons. The topological polar surface area (TPSA) is 16.4 Å². The van der Waals surface area contributed by atoms with Crippen molar-refractivity contribution in [1.82, 2.24) is 0 Å². The van der Waals surface area contributed by atoms with Crippen molar-refractivity contribution < 1.29 is 4.42 Å². The first-order valence-corrected chi connectivity index (χ1v) is 24.5. The lowest BCUT2D eigenvalue weighted by molar-refractivity contribution is 0.669. The summed E-state index contributed by atoms with van der Waals surface area (Å²) in [6, 6.07) is 99.9. The van der Waals surface area contributed by atoms with E-state index in [1.165, 1.54) is 66.2 Å². The molecule has 2 heteroatoms. The molecule has 0 fully saturated rings. The highest BCUT2D eigenvalue weighted by Crippen LogP contribution is 2.60. The van der Waals surface area contributed by atoms with Crippen molar-refractivity contribution in [1.29, 1.82) is 0 Å². The van der Waals surface area contributed by atoms with Crippen LogP contribution in [0.4, 0.5) is 17.1 Å². The molecule has 0 saturated heterocycles. The van der Waals surface area contributed by atoms with Gasteiger partial charge in [0.1, 0.15) is 11.2 Å². The smallest absolute Gasteiger partial charge is 0.136 e. The molecule has 71 heavy (non-hydrogen) atoms. The lowest BCUT2D eigenvalue weighted by Gasteiger charge is -2.34. The van der Waals surface area contributed by atoms with Gasteiger partial charge in [-0.15, -0.1) is 0 Å². The molecule has 0 N–H and O–H groups in total. The van der Waals surface area contributed by atoms with Gasteiger partial charge in [0.05, 0.1) is 16.8 Å². The fourth-order valence-electron chi connectivity index (χ4n) is 11.8. The average Bonchev–Trinajstić information content (AvgIpc) is 3.97. The molecule has 332 valence electrons. The molecule has 1 aliphatic carbocycles. The van der Waals surface area contributed by atoms with Gasteiger partial charge in [-0.2, -0.15) is 0 Å². The molecule has 0 aliphatic heterocycles. The van der Waals surface area contributed by atoms with E-state index in [4.69, 9.17) is 4.42 Å². The van der Waals surface area contributed by atoms with Crippen molar-refractivity contribution in [3.8, 4) is 44.5 Å². The van der Waals surface area contributed by atoms with Crippen molar-refractivity contribution >= 4 is 60.5 Å². The number of para-hydroxylation sites is 1. The van der Waals surface area contributed by atoms with Crippen molar-refractivity contribution in [2.75, 3.05) is 4.90 Å². The van der Waals surface area contributed by atoms with Crippen LogP contribution in [-0.4, -0.2) is 0 Å². The predicted molar refractivity (Wildman–Crippen MR) is 297 cm³/mol. The zero-order chi connectivity index (χ0) is 46.9. The number of furan rings is 1. The minimum absolute atomic E-state index is 0.557. The Labute approximate surface area is 413 Å². The van der Waals surface area contributed by atoms with E-state index >= 15 is 0 Å². The van der Waals surface area contributed by atoms with E-state index in [0.29, 0.717) is 0 Å². The summed E-state index contributed by atoms with van der Waals surface area (Å²) >= 11 is 0. The molecule has 1 heterocycles. The predicted octanol–water partition coefficient (Wildman–Crippen LogP) is 18.7. The number of hydrogen-bond acceptors (Lipinski definition) is 2. The third-order valence-corrected chi connectivity index (χ3v) is 14.9. The number of hydrogen-bond donors (Lipinski definition) is 0. The SMILES string of the molecule is c1ccc(C2(c3ccccc3)c3ccccc3-c3c(N(c4ccc(-c5cccc(-c6cccc7ccccc67)c5)cc4)c4ccccc4-c4cccc5oc6cc7ccccc7cc6c45)cccc32)cc1. The van der Waals surface area contributed by atoms with Gasteiger partial charge >= 0.3 is 0 Å². The lowest BCUT2D eigenvalue weighted by Crippen LogP contribution is -2.28. The minimum atomic E-state index is -0.557. The Morgan fingerprint density at radius 3 is 1.68 bits per heavy atom. The van der Waals surface area contributed by atoms with Gasteiger partial charge in [-0.3, -0.25) is 0 Å². The third kappa shape index (κ3) is 6.42. The highest BCUT2D eigenvalue weighted by molar-refractivity contribution is 6.17. The van der Waals surface area contributed by atoms with Gasteiger partial charge in [-0.05, 0) is 126 Å². The monoisotopic (exact) mass is 903 g/mol. The lowest BCUT2D eigenvalue weighted by atomic mass is 9.68. The van der Waals surface area contributed by atoms with E-state index < -0.39 is 5.41 Å². The van der Waals surface area contributed by atoms with Gasteiger partial charge in [0.25, 0.3) is 0 Å². The summed E-state index contributed by atoms with van der Waals surface area (Å²) in [7, 11) is 0. The van der Waals surface area contributed by atoms with E-state index in [1.54, 1.807) is 0 Å². The molecule has 1 aliphatic rings. The van der Waals surface area contributed by atoms with Gasteiger partial charge in [0.2, 0.25) is 0 Å². The molecule has 12 aromatic carbocycles. The zero-order valence-electron chi connectivity index (χ0n) is 38.8. The van der Waals surface area contributed by atoms with Crippen LogP contribution in [0.15, 0.2) is 277 Å².